The van der Waals surface area contributed by atoms with E-state index in [0.717, 1.165) is 0 Å². The van der Waals surface area contributed by atoms with E-state index in [4.69, 9.17) is 15.2 Å². The molecule has 17 heavy (non-hydrogen) atoms. The van der Waals surface area contributed by atoms with Crippen LogP contribution in [0.3, 0.4) is 0 Å². The Morgan fingerprint density at radius 2 is 2.00 bits per heavy atom. The summed E-state index contributed by atoms with van der Waals surface area (Å²) in [5.41, 5.74) is 5.64. The van der Waals surface area contributed by atoms with Crippen molar-refractivity contribution in [3.63, 3.8) is 0 Å². The lowest BCUT2D eigenvalue weighted by Crippen LogP contribution is -2.21. The fourth-order valence-electron chi connectivity index (χ4n) is 1.75. The highest BCUT2D eigenvalue weighted by Crippen LogP contribution is 2.28. The molecular formula is C11H12BrF2NO2. The number of halogens is 3. The van der Waals surface area contributed by atoms with Gasteiger partial charge in [0, 0.05) is 18.0 Å². The van der Waals surface area contributed by atoms with Gasteiger partial charge in [0.05, 0.1) is 17.7 Å². The van der Waals surface area contributed by atoms with E-state index in [1.807, 2.05) is 0 Å². The summed E-state index contributed by atoms with van der Waals surface area (Å²) < 4.78 is 37.9. The first kappa shape index (κ1) is 12.9. The molecule has 0 aliphatic carbocycles. The monoisotopic (exact) mass is 307 g/mol. The number of rotatable bonds is 3. The second-order valence-electron chi connectivity index (χ2n) is 3.77. The fraction of sp³-hybridized carbons (Fsp3) is 0.455. The second kappa shape index (κ2) is 5.39. The molecule has 1 aliphatic heterocycles. The second-order valence-corrected chi connectivity index (χ2v) is 4.62. The van der Waals surface area contributed by atoms with Gasteiger partial charge in [0.1, 0.15) is 11.6 Å². The molecule has 0 aromatic heterocycles. The molecule has 1 aromatic carbocycles. The van der Waals surface area contributed by atoms with Crippen LogP contribution in [0.25, 0.3) is 0 Å². The molecule has 0 radical (unpaired) electrons. The third-order valence-electron chi connectivity index (χ3n) is 2.59. The van der Waals surface area contributed by atoms with Crippen molar-refractivity contribution in [1.82, 2.24) is 0 Å². The van der Waals surface area contributed by atoms with Crippen LogP contribution in [0.1, 0.15) is 18.0 Å². The van der Waals surface area contributed by atoms with Crippen molar-refractivity contribution in [3.8, 4) is 0 Å². The Morgan fingerprint density at radius 3 is 2.65 bits per heavy atom. The van der Waals surface area contributed by atoms with Crippen LogP contribution in [-0.4, -0.2) is 19.5 Å². The Labute approximate surface area is 106 Å². The van der Waals surface area contributed by atoms with Gasteiger partial charge in [-0.2, -0.15) is 0 Å². The summed E-state index contributed by atoms with van der Waals surface area (Å²) in [5.74, 6) is -1.33. The molecule has 0 amide bonds. The molecule has 1 atom stereocenters. The van der Waals surface area contributed by atoms with E-state index in [-0.39, 0.29) is 16.5 Å². The van der Waals surface area contributed by atoms with Crippen LogP contribution in [0.5, 0.6) is 0 Å². The highest BCUT2D eigenvalue weighted by Gasteiger charge is 2.25. The minimum Gasteiger partial charge on any atom is -0.350 e. The zero-order chi connectivity index (χ0) is 12.4. The molecule has 1 unspecified atom stereocenters. The van der Waals surface area contributed by atoms with Gasteiger partial charge in [-0.1, -0.05) is 0 Å². The average Bonchev–Trinajstić information content (AvgIpc) is 2.77. The van der Waals surface area contributed by atoms with Crippen molar-refractivity contribution < 1.29 is 18.3 Å². The van der Waals surface area contributed by atoms with Crippen LogP contribution in [-0.2, 0) is 9.47 Å². The number of benzene rings is 1. The number of nitrogens with two attached hydrogens (primary N) is 1. The van der Waals surface area contributed by atoms with Gasteiger partial charge in [-0.15, -0.1) is 0 Å². The van der Waals surface area contributed by atoms with Crippen molar-refractivity contribution in [3.05, 3.63) is 33.8 Å². The maximum atomic E-state index is 13.7. The molecule has 94 valence electrons. The quantitative estimate of drug-likeness (QED) is 0.873. The largest absolute Gasteiger partial charge is 0.350 e. The molecule has 1 aromatic rings. The molecule has 1 heterocycles. The predicted octanol–water partition coefficient (Wildman–Crippen LogP) is 2.49. The van der Waals surface area contributed by atoms with Gasteiger partial charge in [-0.25, -0.2) is 8.78 Å². The average molecular weight is 308 g/mol. The standard InChI is InChI=1S/C11H12BrF2NO2/c12-6-1-2-7(13)10(11(6)14)8(15)5-9-16-3-4-17-9/h1-2,8-9H,3-5,15H2. The lowest BCUT2D eigenvalue weighted by atomic mass is 10.0. The van der Waals surface area contributed by atoms with Crippen LogP contribution < -0.4 is 5.73 Å². The maximum absolute atomic E-state index is 13.7. The molecule has 2 rings (SSSR count). The van der Waals surface area contributed by atoms with Crippen LogP contribution in [0, 0.1) is 11.6 Å². The summed E-state index contributed by atoms with van der Waals surface area (Å²) in [4.78, 5) is 0. The normalized spacial score (nSPS) is 18.6. The van der Waals surface area contributed by atoms with E-state index in [0.29, 0.717) is 13.2 Å². The summed E-state index contributed by atoms with van der Waals surface area (Å²) in [6.07, 6.45) is -0.257. The van der Waals surface area contributed by atoms with Gasteiger partial charge < -0.3 is 15.2 Å². The Morgan fingerprint density at radius 1 is 1.35 bits per heavy atom. The van der Waals surface area contributed by atoms with Crippen molar-refractivity contribution in [2.75, 3.05) is 13.2 Å². The molecule has 0 spiro atoms. The first-order chi connectivity index (χ1) is 8.09. The predicted molar refractivity (Wildman–Crippen MR) is 61.3 cm³/mol. The number of ether oxygens (including phenoxy) is 2. The van der Waals surface area contributed by atoms with E-state index >= 15 is 0 Å². The lowest BCUT2D eigenvalue weighted by Gasteiger charge is -2.17. The molecule has 3 nitrogen and oxygen atoms in total. The van der Waals surface area contributed by atoms with Crippen molar-refractivity contribution in [2.45, 2.75) is 18.8 Å². The van der Waals surface area contributed by atoms with Gasteiger partial charge in [0.2, 0.25) is 0 Å². The lowest BCUT2D eigenvalue weighted by molar-refractivity contribution is -0.0510. The van der Waals surface area contributed by atoms with Gasteiger partial charge in [0.25, 0.3) is 0 Å². The number of hydrogen-bond acceptors (Lipinski definition) is 3. The Hall–Kier alpha value is -0.560. The molecule has 0 saturated carbocycles. The Balaban J connectivity index is 2.17. The molecule has 1 saturated heterocycles. The molecular weight excluding hydrogens is 296 g/mol. The minimum absolute atomic E-state index is 0.140. The van der Waals surface area contributed by atoms with E-state index < -0.39 is 24.0 Å². The molecule has 2 N–H and O–H groups in total. The van der Waals surface area contributed by atoms with Crippen molar-refractivity contribution in [2.24, 2.45) is 5.73 Å². The maximum Gasteiger partial charge on any atom is 0.159 e. The van der Waals surface area contributed by atoms with Crippen LogP contribution >= 0.6 is 15.9 Å². The summed E-state index contributed by atoms with van der Waals surface area (Å²) in [6.45, 7) is 0.974. The van der Waals surface area contributed by atoms with E-state index in [1.165, 1.54) is 12.1 Å². The van der Waals surface area contributed by atoms with Crippen molar-refractivity contribution in [1.29, 1.82) is 0 Å². The molecule has 6 heteroatoms. The molecule has 1 fully saturated rings. The van der Waals surface area contributed by atoms with Crippen LogP contribution in [0.4, 0.5) is 8.78 Å². The summed E-state index contributed by atoms with van der Waals surface area (Å²) in [6, 6.07) is 1.69. The zero-order valence-electron chi connectivity index (χ0n) is 8.96. The molecule has 1 aliphatic rings. The topological polar surface area (TPSA) is 44.5 Å². The molecule has 0 bridgehead atoms. The minimum atomic E-state index is -0.796. The summed E-state index contributed by atoms with van der Waals surface area (Å²) in [7, 11) is 0. The van der Waals surface area contributed by atoms with E-state index in [9.17, 15) is 8.78 Å². The fourth-order valence-corrected chi connectivity index (χ4v) is 2.10. The summed E-state index contributed by atoms with van der Waals surface area (Å²) >= 11 is 3.00. The van der Waals surface area contributed by atoms with Gasteiger partial charge in [0.15, 0.2) is 6.29 Å². The highest BCUT2D eigenvalue weighted by molar-refractivity contribution is 9.10. The Bertz CT molecular complexity index is 411. The first-order valence-corrected chi connectivity index (χ1v) is 6.01. The van der Waals surface area contributed by atoms with Gasteiger partial charge in [-0.05, 0) is 28.1 Å². The number of hydrogen-bond donors (Lipinski definition) is 1. The van der Waals surface area contributed by atoms with Crippen molar-refractivity contribution >= 4 is 15.9 Å². The van der Waals surface area contributed by atoms with Crippen LogP contribution in [0.15, 0.2) is 16.6 Å². The van der Waals surface area contributed by atoms with Gasteiger partial charge in [-0.3, -0.25) is 0 Å². The smallest absolute Gasteiger partial charge is 0.159 e. The zero-order valence-corrected chi connectivity index (χ0v) is 10.5. The van der Waals surface area contributed by atoms with Crippen LogP contribution in [0.2, 0.25) is 0 Å². The van der Waals surface area contributed by atoms with E-state index in [2.05, 4.69) is 15.9 Å². The summed E-state index contributed by atoms with van der Waals surface area (Å²) in [5, 5.41) is 0. The third-order valence-corrected chi connectivity index (χ3v) is 3.20. The van der Waals surface area contributed by atoms with E-state index in [1.54, 1.807) is 0 Å². The Kier molecular flexibility index (Phi) is 4.09. The SMILES string of the molecule is NC(CC1OCCO1)c1c(F)ccc(Br)c1F. The third kappa shape index (κ3) is 2.82. The first-order valence-electron chi connectivity index (χ1n) is 5.21. The highest BCUT2D eigenvalue weighted by atomic mass is 79.9. The van der Waals surface area contributed by atoms with Gasteiger partial charge >= 0.3 is 0 Å².